The first-order valence-electron chi connectivity index (χ1n) is 11.1. The molecule has 2 aliphatic rings. The number of nitrogens with one attached hydrogen (secondary N) is 1. The van der Waals surface area contributed by atoms with Gasteiger partial charge >= 0.3 is 5.97 Å². The lowest BCUT2D eigenvalue weighted by Crippen LogP contribution is -2.38. The topological polar surface area (TPSA) is 82.5 Å². The maximum absolute atomic E-state index is 15.1. The number of pyridine rings is 1. The van der Waals surface area contributed by atoms with E-state index in [0.29, 0.717) is 23.7 Å². The molecule has 1 aliphatic heterocycles. The summed E-state index contributed by atoms with van der Waals surface area (Å²) in [4.78, 5) is 30.4. The van der Waals surface area contributed by atoms with Crippen molar-refractivity contribution >= 4 is 29.5 Å². The van der Waals surface area contributed by atoms with E-state index >= 15 is 4.39 Å². The van der Waals surface area contributed by atoms with Crippen molar-refractivity contribution < 1.29 is 19.1 Å². The predicted molar refractivity (Wildman–Crippen MR) is 117 cm³/mol. The van der Waals surface area contributed by atoms with Gasteiger partial charge in [0.15, 0.2) is 11.6 Å². The number of rotatable bonds is 8. The van der Waals surface area contributed by atoms with Crippen molar-refractivity contribution in [3.8, 4) is 0 Å². The fraction of sp³-hybridized carbons (Fsp3) is 0.682. The molecule has 1 aliphatic carbocycles. The Morgan fingerprint density at radius 3 is 2.73 bits per heavy atom. The average molecular weight is 438 g/mol. The van der Waals surface area contributed by atoms with Crippen LogP contribution < -0.4 is 10.2 Å². The van der Waals surface area contributed by atoms with Crippen molar-refractivity contribution in [2.24, 2.45) is 5.92 Å². The fourth-order valence-corrected chi connectivity index (χ4v) is 5.19. The lowest BCUT2D eigenvalue weighted by Gasteiger charge is -2.33. The minimum Gasteiger partial charge on any atom is -0.481 e. The molecule has 0 radical (unpaired) electrons. The number of carboxylic acids is 1. The zero-order chi connectivity index (χ0) is 21.5. The second-order valence-electron chi connectivity index (χ2n) is 8.36. The SMILES string of the molecule is CCCSc1nc(N2CCC[C@H](CC(=O)O)C2)c(F)cc1C(=O)NC1CCCCC1. The summed E-state index contributed by atoms with van der Waals surface area (Å²) >= 11 is 1.48. The van der Waals surface area contributed by atoms with Gasteiger partial charge in [-0.3, -0.25) is 9.59 Å². The maximum atomic E-state index is 15.1. The number of anilines is 1. The summed E-state index contributed by atoms with van der Waals surface area (Å²) in [5.41, 5.74) is 0.305. The minimum atomic E-state index is -0.829. The van der Waals surface area contributed by atoms with E-state index in [1.165, 1.54) is 24.2 Å². The van der Waals surface area contributed by atoms with Gasteiger partial charge in [-0.15, -0.1) is 11.8 Å². The highest BCUT2D eigenvalue weighted by molar-refractivity contribution is 7.99. The molecule has 6 nitrogen and oxygen atoms in total. The quantitative estimate of drug-likeness (QED) is 0.584. The minimum absolute atomic E-state index is 0.0153. The first-order valence-corrected chi connectivity index (χ1v) is 12.1. The Morgan fingerprint density at radius 1 is 1.27 bits per heavy atom. The van der Waals surface area contributed by atoms with Gasteiger partial charge in [0.25, 0.3) is 5.91 Å². The largest absolute Gasteiger partial charge is 0.481 e. The molecule has 8 heteroatoms. The highest BCUT2D eigenvalue weighted by atomic mass is 32.2. The van der Waals surface area contributed by atoms with Crippen LogP contribution in [0.3, 0.4) is 0 Å². The molecule has 2 heterocycles. The molecule has 1 amide bonds. The van der Waals surface area contributed by atoms with Crippen LogP contribution in [-0.4, -0.2) is 46.9 Å². The Kier molecular flexibility index (Phi) is 8.36. The zero-order valence-electron chi connectivity index (χ0n) is 17.7. The van der Waals surface area contributed by atoms with Crippen molar-refractivity contribution in [1.29, 1.82) is 0 Å². The van der Waals surface area contributed by atoms with Gasteiger partial charge in [-0.2, -0.15) is 0 Å². The van der Waals surface area contributed by atoms with E-state index in [-0.39, 0.29) is 30.1 Å². The van der Waals surface area contributed by atoms with Crippen LogP contribution in [0.2, 0.25) is 0 Å². The zero-order valence-corrected chi connectivity index (χ0v) is 18.5. The maximum Gasteiger partial charge on any atom is 0.303 e. The second-order valence-corrected chi connectivity index (χ2v) is 9.44. The summed E-state index contributed by atoms with van der Waals surface area (Å²) < 4.78 is 15.1. The molecule has 1 saturated heterocycles. The molecule has 166 valence electrons. The van der Waals surface area contributed by atoms with Gasteiger partial charge in [-0.1, -0.05) is 26.2 Å². The summed E-state index contributed by atoms with van der Waals surface area (Å²) in [6, 6.07) is 1.47. The summed E-state index contributed by atoms with van der Waals surface area (Å²) in [5.74, 6) is -0.578. The number of carboxylic acid groups (broad SMARTS) is 1. The number of hydrogen-bond acceptors (Lipinski definition) is 5. The van der Waals surface area contributed by atoms with Crippen molar-refractivity contribution in [1.82, 2.24) is 10.3 Å². The smallest absolute Gasteiger partial charge is 0.303 e. The number of piperidine rings is 1. The van der Waals surface area contributed by atoms with Gasteiger partial charge in [-0.25, -0.2) is 9.37 Å². The van der Waals surface area contributed by atoms with E-state index in [0.717, 1.165) is 50.7 Å². The molecule has 0 bridgehead atoms. The van der Waals surface area contributed by atoms with Crippen molar-refractivity contribution in [3.05, 3.63) is 17.4 Å². The number of thioether (sulfide) groups is 1. The third kappa shape index (κ3) is 6.09. The first kappa shape index (κ1) is 22.8. The number of halogens is 1. The average Bonchev–Trinajstić information content (AvgIpc) is 2.73. The van der Waals surface area contributed by atoms with Crippen molar-refractivity contribution in [2.45, 2.75) is 75.8 Å². The first-order chi connectivity index (χ1) is 14.5. The normalized spacial score (nSPS) is 20.2. The molecular weight excluding hydrogens is 405 g/mol. The van der Waals surface area contributed by atoms with E-state index in [2.05, 4.69) is 17.2 Å². The molecule has 1 aromatic rings. The van der Waals surface area contributed by atoms with E-state index < -0.39 is 11.8 Å². The van der Waals surface area contributed by atoms with E-state index in [1.807, 2.05) is 4.90 Å². The van der Waals surface area contributed by atoms with Crippen molar-refractivity contribution in [2.75, 3.05) is 23.7 Å². The van der Waals surface area contributed by atoms with Crippen LogP contribution in [0.4, 0.5) is 10.2 Å². The van der Waals surface area contributed by atoms with Crippen molar-refractivity contribution in [3.63, 3.8) is 0 Å². The van der Waals surface area contributed by atoms with Crippen LogP contribution >= 0.6 is 11.8 Å². The van der Waals surface area contributed by atoms with Crippen LogP contribution in [0.25, 0.3) is 0 Å². The lowest BCUT2D eigenvalue weighted by molar-refractivity contribution is -0.138. The molecule has 3 rings (SSSR count). The number of nitrogens with zero attached hydrogens (tertiary/aromatic N) is 2. The Hall–Kier alpha value is -1.83. The summed E-state index contributed by atoms with van der Waals surface area (Å²) in [7, 11) is 0. The molecule has 1 saturated carbocycles. The molecule has 0 unspecified atom stereocenters. The number of amides is 1. The van der Waals surface area contributed by atoms with Crippen LogP contribution in [0, 0.1) is 11.7 Å². The number of hydrogen-bond donors (Lipinski definition) is 2. The van der Waals surface area contributed by atoms with E-state index in [1.54, 1.807) is 0 Å². The van der Waals surface area contributed by atoms with Gasteiger partial charge in [0.2, 0.25) is 0 Å². The molecule has 30 heavy (non-hydrogen) atoms. The Balaban J connectivity index is 1.81. The second kappa shape index (κ2) is 11.0. The Bertz CT molecular complexity index is 755. The molecule has 1 aromatic heterocycles. The summed E-state index contributed by atoms with van der Waals surface area (Å²) in [6.45, 7) is 3.17. The van der Waals surface area contributed by atoms with Crippen LogP contribution in [0.5, 0.6) is 0 Å². The summed E-state index contributed by atoms with van der Waals surface area (Å²) in [6.07, 6.45) is 7.99. The fourth-order valence-electron chi connectivity index (χ4n) is 4.34. The highest BCUT2D eigenvalue weighted by Gasteiger charge is 2.27. The number of carbonyl (C=O) groups excluding carboxylic acids is 1. The lowest BCUT2D eigenvalue weighted by atomic mass is 9.95. The standard InChI is InChI=1S/C22H32FN3O3S/c1-2-11-30-22-17(21(29)24-16-8-4-3-5-9-16)13-18(23)20(25-22)26-10-6-7-15(14-26)12-19(27)28/h13,15-16H,2-12,14H2,1H3,(H,24,29)(H,27,28)/t15-/m1/s1. The third-order valence-corrected chi connectivity index (χ3v) is 7.03. The molecule has 0 spiro atoms. The molecule has 2 N–H and O–H groups in total. The van der Waals surface area contributed by atoms with Crippen LogP contribution in [0.1, 0.15) is 75.1 Å². The van der Waals surface area contributed by atoms with E-state index in [4.69, 9.17) is 5.11 Å². The highest BCUT2D eigenvalue weighted by Crippen LogP contribution is 2.31. The predicted octanol–water partition coefficient (Wildman–Crippen LogP) is 4.48. The summed E-state index contributed by atoms with van der Waals surface area (Å²) in [5, 5.41) is 12.7. The van der Waals surface area contributed by atoms with Gasteiger partial charge in [0.1, 0.15) is 5.03 Å². The van der Waals surface area contributed by atoms with Gasteiger partial charge in [0, 0.05) is 25.6 Å². The van der Waals surface area contributed by atoms with Gasteiger partial charge in [-0.05, 0) is 49.8 Å². The van der Waals surface area contributed by atoms with Crippen LogP contribution in [0.15, 0.2) is 11.1 Å². The number of aromatic nitrogens is 1. The number of carbonyl (C=O) groups is 2. The van der Waals surface area contributed by atoms with Gasteiger partial charge < -0.3 is 15.3 Å². The van der Waals surface area contributed by atoms with Crippen LogP contribution in [-0.2, 0) is 4.79 Å². The molecule has 0 aromatic carbocycles. The number of aliphatic carboxylic acids is 1. The Labute approximate surface area is 182 Å². The monoisotopic (exact) mass is 437 g/mol. The third-order valence-electron chi connectivity index (χ3n) is 5.83. The molecule has 2 fully saturated rings. The Morgan fingerprint density at radius 2 is 2.03 bits per heavy atom. The van der Waals surface area contributed by atoms with E-state index in [9.17, 15) is 9.59 Å². The van der Waals surface area contributed by atoms with Gasteiger partial charge in [0.05, 0.1) is 5.56 Å². The molecular formula is C22H32FN3O3S. The molecule has 1 atom stereocenters.